The Bertz CT molecular complexity index is 1150. The number of benzene rings is 1. The zero-order valence-electron chi connectivity index (χ0n) is 16.0. The molecule has 0 aliphatic carbocycles. The van der Waals surface area contributed by atoms with Gasteiger partial charge in [0, 0.05) is 49.6 Å². The summed E-state index contributed by atoms with van der Waals surface area (Å²) in [6.07, 6.45) is 2.80. The van der Waals surface area contributed by atoms with E-state index in [0.29, 0.717) is 41.3 Å². The van der Waals surface area contributed by atoms with E-state index in [-0.39, 0.29) is 5.75 Å². The molecule has 1 aromatic carbocycles. The molecule has 1 atom stereocenters. The summed E-state index contributed by atoms with van der Waals surface area (Å²) in [7, 11) is 0. The highest BCUT2D eigenvalue weighted by molar-refractivity contribution is 5.94. The van der Waals surface area contributed by atoms with Crippen molar-refractivity contribution < 1.29 is 14.6 Å². The number of nitrogens with one attached hydrogen (secondary N) is 1. The van der Waals surface area contributed by atoms with Gasteiger partial charge in [0.15, 0.2) is 17.3 Å². The zero-order valence-corrected chi connectivity index (χ0v) is 16.0. The SMILES string of the molecule is Cc1ccc2c(O)c(C=C3N=Nc4ncccc43)oc2c1CN1CCNCC1O. The van der Waals surface area contributed by atoms with Crippen LogP contribution in [-0.4, -0.2) is 46.0 Å². The van der Waals surface area contributed by atoms with Gasteiger partial charge < -0.3 is 19.9 Å². The number of fused-ring (bicyclic) bond motifs is 2. The van der Waals surface area contributed by atoms with E-state index in [9.17, 15) is 10.2 Å². The fourth-order valence-corrected chi connectivity index (χ4v) is 3.80. The van der Waals surface area contributed by atoms with E-state index < -0.39 is 6.23 Å². The third-order valence-corrected chi connectivity index (χ3v) is 5.46. The second-order valence-corrected chi connectivity index (χ2v) is 7.31. The average molecular weight is 391 g/mol. The number of furan rings is 1. The fraction of sp³-hybridized carbons (Fsp3) is 0.286. The Morgan fingerprint density at radius 2 is 2.21 bits per heavy atom. The maximum absolute atomic E-state index is 10.8. The summed E-state index contributed by atoms with van der Waals surface area (Å²) < 4.78 is 6.09. The molecule has 0 saturated carbocycles. The second-order valence-electron chi connectivity index (χ2n) is 7.31. The maximum Gasteiger partial charge on any atom is 0.183 e. The van der Waals surface area contributed by atoms with Gasteiger partial charge in [-0.2, -0.15) is 0 Å². The van der Waals surface area contributed by atoms with Gasteiger partial charge in [-0.15, -0.1) is 10.2 Å². The molecule has 0 bridgehead atoms. The molecule has 2 aromatic heterocycles. The van der Waals surface area contributed by atoms with Crippen molar-refractivity contribution in [1.29, 1.82) is 0 Å². The van der Waals surface area contributed by atoms with Gasteiger partial charge in [-0.3, -0.25) is 4.90 Å². The van der Waals surface area contributed by atoms with Crippen LogP contribution in [0.25, 0.3) is 22.7 Å². The van der Waals surface area contributed by atoms with Gasteiger partial charge in [0.2, 0.25) is 0 Å². The number of rotatable bonds is 3. The minimum absolute atomic E-state index is 0.0714. The van der Waals surface area contributed by atoms with E-state index in [1.165, 1.54) is 0 Å². The highest BCUT2D eigenvalue weighted by atomic mass is 16.4. The molecule has 3 N–H and O–H groups in total. The quantitative estimate of drug-likeness (QED) is 0.633. The predicted molar refractivity (Wildman–Crippen MR) is 109 cm³/mol. The van der Waals surface area contributed by atoms with Crippen LogP contribution in [0.1, 0.15) is 22.5 Å². The van der Waals surface area contributed by atoms with Crippen LogP contribution in [0.2, 0.25) is 0 Å². The van der Waals surface area contributed by atoms with Crippen LogP contribution in [0, 0.1) is 6.92 Å². The third kappa shape index (κ3) is 3.11. The first-order valence-corrected chi connectivity index (χ1v) is 9.57. The molecule has 1 fully saturated rings. The van der Waals surface area contributed by atoms with Crippen molar-refractivity contribution in [2.75, 3.05) is 19.6 Å². The highest BCUT2D eigenvalue weighted by Crippen LogP contribution is 2.40. The molecule has 3 aromatic rings. The molecule has 2 aliphatic heterocycles. The normalized spacial score (nSPS) is 20.6. The van der Waals surface area contributed by atoms with Gasteiger partial charge in [-0.05, 0) is 30.7 Å². The second kappa shape index (κ2) is 7.07. The van der Waals surface area contributed by atoms with Gasteiger partial charge in [0.25, 0.3) is 0 Å². The van der Waals surface area contributed by atoms with Crippen molar-refractivity contribution in [2.24, 2.45) is 10.2 Å². The highest BCUT2D eigenvalue weighted by Gasteiger charge is 2.24. The molecule has 29 heavy (non-hydrogen) atoms. The molecular weight excluding hydrogens is 370 g/mol. The Labute approximate surface area is 167 Å². The number of aromatic nitrogens is 1. The van der Waals surface area contributed by atoms with Crippen LogP contribution >= 0.6 is 0 Å². The number of hydrogen-bond acceptors (Lipinski definition) is 8. The summed E-state index contributed by atoms with van der Waals surface area (Å²) in [5.41, 5.74) is 4.03. The number of pyridine rings is 1. The summed E-state index contributed by atoms with van der Waals surface area (Å²) in [6, 6.07) is 7.53. The van der Waals surface area contributed by atoms with Crippen molar-refractivity contribution >= 4 is 28.6 Å². The Morgan fingerprint density at radius 3 is 3.07 bits per heavy atom. The number of nitrogens with zero attached hydrogens (tertiary/aromatic N) is 4. The lowest BCUT2D eigenvalue weighted by Crippen LogP contribution is -2.50. The molecule has 4 heterocycles. The van der Waals surface area contributed by atoms with E-state index in [1.54, 1.807) is 12.3 Å². The monoisotopic (exact) mass is 391 g/mol. The molecule has 5 rings (SSSR count). The van der Waals surface area contributed by atoms with Crippen molar-refractivity contribution in [2.45, 2.75) is 19.7 Å². The molecule has 0 amide bonds. The van der Waals surface area contributed by atoms with E-state index in [0.717, 1.165) is 29.8 Å². The largest absolute Gasteiger partial charge is 0.504 e. The number of aliphatic hydroxyl groups is 1. The predicted octanol–water partition coefficient (Wildman–Crippen LogP) is 3.16. The van der Waals surface area contributed by atoms with Crippen molar-refractivity contribution in [3.63, 3.8) is 0 Å². The first-order valence-electron chi connectivity index (χ1n) is 9.57. The molecular formula is C21H21N5O3. The molecule has 148 valence electrons. The number of β-amino-alcohol motifs (C(OH)–C–C–N with tert-alkyl or cyclic N) is 1. The van der Waals surface area contributed by atoms with Crippen LogP contribution in [0.15, 0.2) is 45.1 Å². The summed E-state index contributed by atoms with van der Waals surface area (Å²) in [4.78, 5) is 6.19. The molecule has 8 heteroatoms. The van der Waals surface area contributed by atoms with Crippen molar-refractivity contribution in [3.05, 3.63) is 52.9 Å². The Balaban J connectivity index is 1.57. The number of piperazine rings is 1. The van der Waals surface area contributed by atoms with Gasteiger partial charge in [-0.25, -0.2) is 4.98 Å². The summed E-state index contributed by atoms with van der Waals surface area (Å²) >= 11 is 0. The fourth-order valence-electron chi connectivity index (χ4n) is 3.80. The summed E-state index contributed by atoms with van der Waals surface area (Å²) in [5, 5.41) is 33.1. The first kappa shape index (κ1) is 18.0. The van der Waals surface area contributed by atoms with Gasteiger partial charge in [0.1, 0.15) is 17.5 Å². The summed E-state index contributed by atoms with van der Waals surface area (Å²) in [6.45, 7) is 4.65. The smallest absolute Gasteiger partial charge is 0.183 e. The number of aromatic hydroxyl groups is 1. The number of aliphatic hydroxyl groups excluding tert-OH is 1. The van der Waals surface area contributed by atoms with E-state index in [2.05, 4.69) is 20.5 Å². The molecule has 8 nitrogen and oxygen atoms in total. The van der Waals surface area contributed by atoms with Crippen molar-refractivity contribution in [3.8, 4) is 5.75 Å². The van der Waals surface area contributed by atoms with Gasteiger partial charge >= 0.3 is 0 Å². The zero-order chi connectivity index (χ0) is 20.0. The van der Waals surface area contributed by atoms with E-state index >= 15 is 0 Å². The van der Waals surface area contributed by atoms with E-state index in [1.807, 2.05) is 36.1 Å². The standard InChI is InChI=1S/C21H21N5O3/c1-12-4-5-14-19(28)17(9-16-13-3-2-6-23-21(13)25-24-16)29-20(14)15(12)11-26-8-7-22-10-18(26)27/h2-6,9,18,22,27-28H,7-8,10-11H2,1H3. The van der Waals surface area contributed by atoms with Crippen LogP contribution in [0.5, 0.6) is 5.75 Å². The first-order chi connectivity index (χ1) is 14.1. The van der Waals surface area contributed by atoms with Crippen LogP contribution < -0.4 is 5.32 Å². The van der Waals surface area contributed by atoms with Crippen molar-refractivity contribution in [1.82, 2.24) is 15.2 Å². The van der Waals surface area contributed by atoms with Crippen LogP contribution in [-0.2, 0) is 6.54 Å². The Hall–Kier alpha value is -3.07. The molecule has 1 saturated heterocycles. The lowest BCUT2D eigenvalue weighted by Gasteiger charge is -2.32. The topological polar surface area (TPSA) is 106 Å². The number of azo groups is 1. The molecule has 0 radical (unpaired) electrons. The molecule has 1 unspecified atom stereocenters. The minimum Gasteiger partial charge on any atom is -0.504 e. The van der Waals surface area contributed by atoms with Crippen LogP contribution in [0.4, 0.5) is 5.82 Å². The Kier molecular flexibility index (Phi) is 4.39. The minimum atomic E-state index is -0.550. The lowest BCUT2D eigenvalue weighted by molar-refractivity contribution is -0.0180. The molecule has 0 spiro atoms. The molecule has 2 aliphatic rings. The van der Waals surface area contributed by atoms with Gasteiger partial charge in [0.05, 0.1) is 5.39 Å². The maximum atomic E-state index is 10.8. The lowest BCUT2D eigenvalue weighted by atomic mass is 10.0. The third-order valence-electron chi connectivity index (χ3n) is 5.46. The number of hydrogen-bond donors (Lipinski definition) is 3. The Morgan fingerprint density at radius 1 is 1.31 bits per heavy atom. The number of aryl methyl sites for hydroxylation is 1. The van der Waals surface area contributed by atoms with E-state index in [4.69, 9.17) is 4.42 Å². The van der Waals surface area contributed by atoms with Gasteiger partial charge in [-0.1, -0.05) is 6.07 Å². The average Bonchev–Trinajstić information content (AvgIpc) is 3.28. The van der Waals surface area contributed by atoms with Crippen LogP contribution in [0.3, 0.4) is 0 Å². The summed E-state index contributed by atoms with van der Waals surface area (Å²) in [5.74, 6) is 0.957.